The smallest absolute Gasteiger partial charge is 0.159 e. The number of nitrogens with one attached hydrogen (secondary N) is 1. The fourth-order valence-electron chi connectivity index (χ4n) is 1.89. The molecule has 1 unspecified atom stereocenters. The summed E-state index contributed by atoms with van der Waals surface area (Å²) < 4.78 is 5.66. The maximum Gasteiger partial charge on any atom is 0.159 e. The van der Waals surface area contributed by atoms with Gasteiger partial charge in [0.15, 0.2) is 5.82 Å². The van der Waals surface area contributed by atoms with Crippen molar-refractivity contribution in [2.24, 2.45) is 0 Å². The first-order chi connectivity index (χ1) is 8.17. The van der Waals surface area contributed by atoms with Crippen molar-refractivity contribution in [3.63, 3.8) is 0 Å². The van der Waals surface area contributed by atoms with E-state index in [0.717, 1.165) is 35.7 Å². The van der Waals surface area contributed by atoms with Crippen molar-refractivity contribution in [3.05, 3.63) is 17.1 Å². The first-order valence-corrected chi connectivity index (χ1v) is 6.34. The van der Waals surface area contributed by atoms with Gasteiger partial charge in [0.2, 0.25) is 0 Å². The largest absolute Gasteiger partial charge is 0.373 e. The maximum absolute atomic E-state index is 5.66. The Hall–Kier alpha value is -1.16. The van der Waals surface area contributed by atoms with Gasteiger partial charge in [0, 0.05) is 24.9 Å². The molecule has 17 heavy (non-hydrogen) atoms. The van der Waals surface area contributed by atoms with E-state index in [-0.39, 0.29) is 6.10 Å². The van der Waals surface area contributed by atoms with E-state index in [1.165, 1.54) is 0 Å². The zero-order valence-corrected chi connectivity index (χ0v) is 11.5. The van der Waals surface area contributed by atoms with Crippen LogP contribution in [0.25, 0.3) is 0 Å². The average Bonchev–Trinajstić information content (AvgIpc) is 2.36. The molecule has 0 aliphatic heterocycles. The van der Waals surface area contributed by atoms with Crippen LogP contribution in [0.15, 0.2) is 0 Å². The van der Waals surface area contributed by atoms with Gasteiger partial charge in [-0.3, -0.25) is 0 Å². The van der Waals surface area contributed by atoms with Crippen molar-refractivity contribution < 1.29 is 4.74 Å². The molecule has 0 aromatic carbocycles. The summed E-state index contributed by atoms with van der Waals surface area (Å²) in [5, 5.41) is 3.12. The highest BCUT2D eigenvalue weighted by Crippen LogP contribution is 2.22. The second-order valence-corrected chi connectivity index (χ2v) is 3.96. The Kier molecular flexibility index (Phi) is 5.35. The highest BCUT2D eigenvalue weighted by atomic mass is 16.5. The second kappa shape index (κ2) is 6.55. The second-order valence-electron chi connectivity index (χ2n) is 3.96. The average molecular weight is 237 g/mol. The number of anilines is 1. The van der Waals surface area contributed by atoms with Gasteiger partial charge in [-0.05, 0) is 26.7 Å². The molecule has 0 bridgehead atoms. The molecule has 0 spiro atoms. The van der Waals surface area contributed by atoms with Crippen molar-refractivity contribution in [1.29, 1.82) is 0 Å². The predicted octanol–water partition coefficient (Wildman–Crippen LogP) is 2.88. The summed E-state index contributed by atoms with van der Waals surface area (Å²) in [6, 6.07) is 0. The topological polar surface area (TPSA) is 47.0 Å². The Morgan fingerprint density at radius 2 is 1.94 bits per heavy atom. The number of nitrogens with zero attached hydrogens (tertiary/aromatic N) is 2. The lowest BCUT2D eigenvalue weighted by atomic mass is 10.1. The van der Waals surface area contributed by atoms with Crippen molar-refractivity contribution in [2.45, 2.75) is 46.6 Å². The molecule has 0 radical (unpaired) electrons. The molecule has 0 fully saturated rings. The Morgan fingerprint density at radius 3 is 2.41 bits per heavy atom. The highest BCUT2D eigenvalue weighted by molar-refractivity contribution is 5.45. The van der Waals surface area contributed by atoms with Gasteiger partial charge in [-0.15, -0.1) is 0 Å². The van der Waals surface area contributed by atoms with Gasteiger partial charge >= 0.3 is 0 Å². The molecule has 0 saturated carbocycles. The lowest BCUT2D eigenvalue weighted by Gasteiger charge is -2.17. The summed E-state index contributed by atoms with van der Waals surface area (Å²) in [6.07, 6.45) is 1.81. The third-order valence-electron chi connectivity index (χ3n) is 2.86. The maximum atomic E-state index is 5.66. The molecule has 1 aromatic heterocycles. The molecule has 1 rings (SSSR count). The summed E-state index contributed by atoms with van der Waals surface area (Å²) >= 11 is 0. The van der Waals surface area contributed by atoms with Crippen LogP contribution in [0.3, 0.4) is 0 Å². The van der Waals surface area contributed by atoms with Crippen LogP contribution in [-0.2, 0) is 11.2 Å². The molecule has 4 heteroatoms. The van der Waals surface area contributed by atoms with Crippen LogP contribution in [0.5, 0.6) is 0 Å². The lowest BCUT2D eigenvalue weighted by Crippen LogP contribution is -2.12. The molecule has 0 amide bonds. The third-order valence-corrected chi connectivity index (χ3v) is 2.86. The van der Waals surface area contributed by atoms with Gasteiger partial charge in [0.05, 0.1) is 0 Å². The summed E-state index contributed by atoms with van der Waals surface area (Å²) in [4.78, 5) is 9.16. The van der Waals surface area contributed by atoms with Crippen LogP contribution in [-0.4, -0.2) is 23.6 Å². The van der Waals surface area contributed by atoms with E-state index in [0.29, 0.717) is 6.61 Å². The monoisotopic (exact) mass is 237 g/mol. The Labute approximate surface area is 104 Å². The minimum absolute atomic E-state index is 0.00185. The molecule has 4 nitrogen and oxygen atoms in total. The van der Waals surface area contributed by atoms with E-state index in [1.807, 2.05) is 14.0 Å². The fraction of sp³-hybridized carbons (Fsp3) is 0.692. The Balaban J connectivity index is 3.15. The summed E-state index contributed by atoms with van der Waals surface area (Å²) in [5.41, 5.74) is 2.22. The highest BCUT2D eigenvalue weighted by Gasteiger charge is 2.16. The van der Waals surface area contributed by atoms with Crippen molar-refractivity contribution >= 4 is 5.82 Å². The summed E-state index contributed by atoms with van der Waals surface area (Å²) in [5.74, 6) is 1.70. The first kappa shape index (κ1) is 13.9. The Morgan fingerprint density at radius 1 is 1.24 bits per heavy atom. The van der Waals surface area contributed by atoms with Gasteiger partial charge in [-0.1, -0.05) is 13.8 Å². The van der Waals surface area contributed by atoms with Gasteiger partial charge in [0.25, 0.3) is 0 Å². The van der Waals surface area contributed by atoms with Crippen LogP contribution in [0.2, 0.25) is 0 Å². The van der Waals surface area contributed by atoms with Crippen molar-refractivity contribution in [2.75, 3.05) is 19.0 Å². The summed E-state index contributed by atoms with van der Waals surface area (Å²) in [6.45, 7) is 8.94. The van der Waals surface area contributed by atoms with Crippen LogP contribution in [0.4, 0.5) is 5.82 Å². The number of hydrogen-bond acceptors (Lipinski definition) is 4. The van der Waals surface area contributed by atoms with Gasteiger partial charge in [-0.25, -0.2) is 9.97 Å². The molecule has 0 aliphatic carbocycles. The Bertz CT molecular complexity index is 341. The van der Waals surface area contributed by atoms with E-state index < -0.39 is 0 Å². The molecule has 1 atom stereocenters. The zero-order valence-electron chi connectivity index (χ0n) is 11.5. The molecular weight excluding hydrogens is 214 g/mol. The van der Waals surface area contributed by atoms with Crippen LogP contribution in [0.1, 0.15) is 50.4 Å². The summed E-state index contributed by atoms with van der Waals surface area (Å²) in [7, 11) is 1.89. The molecule has 1 N–H and O–H groups in total. The fourth-order valence-corrected chi connectivity index (χ4v) is 1.89. The van der Waals surface area contributed by atoms with Crippen molar-refractivity contribution in [1.82, 2.24) is 9.97 Å². The molecule has 1 aromatic rings. The number of ether oxygens (including phenoxy) is 1. The van der Waals surface area contributed by atoms with Crippen LogP contribution < -0.4 is 5.32 Å². The minimum atomic E-state index is -0.00185. The number of rotatable bonds is 6. The van der Waals surface area contributed by atoms with E-state index >= 15 is 0 Å². The molecule has 96 valence electrons. The minimum Gasteiger partial charge on any atom is -0.373 e. The van der Waals surface area contributed by atoms with E-state index in [4.69, 9.17) is 4.74 Å². The van der Waals surface area contributed by atoms with E-state index in [1.54, 1.807) is 0 Å². The van der Waals surface area contributed by atoms with Gasteiger partial charge < -0.3 is 10.1 Å². The number of aromatic nitrogens is 2. The lowest BCUT2D eigenvalue weighted by molar-refractivity contribution is 0.0534. The van der Waals surface area contributed by atoms with Crippen LogP contribution >= 0.6 is 0 Å². The van der Waals surface area contributed by atoms with E-state index in [2.05, 4.69) is 36.1 Å². The zero-order chi connectivity index (χ0) is 12.8. The normalized spacial score (nSPS) is 12.5. The van der Waals surface area contributed by atoms with Crippen molar-refractivity contribution in [3.8, 4) is 0 Å². The van der Waals surface area contributed by atoms with Gasteiger partial charge in [-0.2, -0.15) is 0 Å². The SMILES string of the molecule is CCOC(CC)c1nc(CC)c(C)c(NC)n1. The first-order valence-electron chi connectivity index (χ1n) is 6.34. The van der Waals surface area contributed by atoms with Gasteiger partial charge in [0.1, 0.15) is 11.9 Å². The van der Waals surface area contributed by atoms with E-state index in [9.17, 15) is 0 Å². The molecule has 0 aliphatic rings. The quantitative estimate of drug-likeness (QED) is 0.826. The third kappa shape index (κ3) is 3.16. The standard InChI is InChI=1S/C13H23N3O/c1-6-10-9(4)12(14-5)16-13(15-10)11(7-2)17-8-3/h11H,6-8H2,1-5H3,(H,14,15,16). The molecule has 0 saturated heterocycles. The predicted molar refractivity (Wildman–Crippen MR) is 70.4 cm³/mol. The van der Waals surface area contributed by atoms with Crippen LogP contribution in [0, 0.1) is 6.92 Å². The molecular formula is C13H23N3O. The number of aryl methyl sites for hydroxylation is 1. The number of hydrogen-bond donors (Lipinski definition) is 1. The molecule has 1 heterocycles.